The first-order valence-corrected chi connectivity index (χ1v) is 10.3. The molecule has 0 spiro atoms. The van der Waals surface area contributed by atoms with E-state index in [1.807, 2.05) is 0 Å². The van der Waals surface area contributed by atoms with Gasteiger partial charge in [0.25, 0.3) is 5.56 Å². The Morgan fingerprint density at radius 2 is 1.90 bits per heavy atom. The summed E-state index contributed by atoms with van der Waals surface area (Å²) in [6.45, 7) is 0. The molecule has 0 radical (unpaired) electrons. The van der Waals surface area contributed by atoms with Crippen LogP contribution in [0.25, 0.3) is 10.8 Å². The van der Waals surface area contributed by atoms with E-state index in [1.165, 1.54) is 35.8 Å². The van der Waals surface area contributed by atoms with E-state index in [9.17, 15) is 22.8 Å². The molecule has 0 bridgehead atoms. The summed E-state index contributed by atoms with van der Waals surface area (Å²) in [7, 11) is 1.53. The predicted octanol–water partition coefficient (Wildman–Crippen LogP) is 4.27. The van der Waals surface area contributed by atoms with Gasteiger partial charge in [-0.05, 0) is 35.7 Å². The normalized spacial score (nSPS) is 15.3. The first-order valence-electron chi connectivity index (χ1n) is 9.15. The van der Waals surface area contributed by atoms with Crippen LogP contribution in [0, 0.1) is 28.8 Å². The number of fused-ring (bicyclic) bond motifs is 3. The summed E-state index contributed by atoms with van der Waals surface area (Å²) < 4.78 is 41.2. The third-order valence-corrected chi connectivity index (χ3v) is 6.21. The van der Waals surface area contributed by atoms with Crippen molar-refractivity contribution < 1.29 is 18.0 Å². The topological polar surface area (TPSA) is 89.0 Å². The van der Waals surface area contributed by atoms with Gasteiger partial charge in [-0.15, -0.1) is 0 Å². The Balaban J connectivity index is 1.73. The standard InChI is InChI=1S/C21H15F3N4O2S/c1-28(21(30)26-11-2-3-14(22)10(4-11)7-25)18-9-31-8-17-19(18)12-5-15(23)16(24)6-13(12)20(29)27-17/h2-6,18H,8-9H2,1H3,(H,26,30)(H,27,29)/t18-/m1/s1. The van der Waals surface area contributed by atoms with Crippen LogP contribution in [-0.2, 0) is 5.75 Å². The molecule has 2 N–H and O–H groups in total. The number of hydrogen-bond donors (Lipinski definition) is 2. The Bertz CT molecular complexity index is 1320. The number of carbonyl (C=O) groups is 1. The second-order valence-corrected chi connectivity index (χ2v) is 8.07. The van der Waals surface area contributed by atoms with Crippen molar-refractivity contribution in [1.29, 1.82) is 5.26 Å². The molecule has 0 saturated heterocycles. The van der Waals surface area contributed by atoms with Crippen molar-refractivity contribution in [2.24, 2.45) is 0 Å². The second-order valence-electron chi connectivity index (χ2n) is 7.04. The monoisotopic (exact) mass is 444 g/mol. The minimum Gasteiger partial charge on any atom is -0.324 e. The number of aromatic amines is 1. The highest BCUT2D eigenvalue weighted by molar-refractivity contribution is 7.98. The lowest BCUT2D eigenvalue weighted by atomic mass is 9.97. The molecule has 2 amide bonds. The molecule has 0 aliphatic carbocycles. The summed E-state index contributed by atoms with van der Waals surface area (Å²) in [6, 6.07) is 6.07. The van der Waals surface area contributed by atoms with Gasteiger partial charge in [0.1, 0.15) is 11.9 Å². The van der Waals surface area contributed by atoms with Gasteiger partial charge in [-0.3, -0.25) is 4.79 Å². The fourth-order valence-electron chi connectivity index (χ4n) is 3.59. The zero-order valence-corrected chi connectivity index (χ0v) is 16.9. The number of nitrogens with one attached hydrogen (secondary N) is 2. The van der Waals surface area contributed by atoms with Crippen LogP contribution in [0.4, 0.5) is 23.7 Å². The van der Waals surface area contributed by atoms with Crippen molar-refractivity contribution in [3.8, 4) is 6.07 Å². The summed E-state index contributed by atoms with van der Waals surface area (Å²) in [5.41, 5.74) is 0.578. The van der Waals surface area contributed by atoms with Crippen LogP contribution in [0.2, 0.25) is 0 Å². The van der Waals surface area contributed by atoms with Crippen molar-refractivity contribution in [1.82, 2.24) is 9.88 Å². The van der Waals surface area contributed by atoms with Crippen molar-refractivity contribution in [2.75, 3.05) is 18.1 Å². The number of nitrogens with zero attached hydrogens (tertiary/aromatic N) is 2. The molecule has 1 aliphatic rings. The molecular formula is C21H15F3N4O2S. The Morgan fingerprint density at radius 1 is 1.19 bits per heavy atom. The quantitative estimate of drug-likeness (QED) is 0.618. The van der Waals surface area contributed by atoms with Crippen molar-refractivity contribution in [3.63, 3.8) is 0 Å². The molecule has 1 aliphatic heterocycles. The molecule has 0 fully saturated rings. The zero-order chi connectivity index (χ0) is 22.3. The van der Waals surface area contributed by atoms with Gasteiger partial charge in [-0.1, -0.05) is 0 Å². The number of thioether (sulfide) groups is 1. The third-order valence-electron chi connectivity index (χ3n) is 5.17. The van der Waals surface area contributed by atoms with Crippen LogP contribution in [0.5, 0.6) is 0 Å². The number of benzene rings is 2. The van der Waals surface area contributed by atoms with Gasteiger partial charge >= 0.3 is 6.03 Å². The molecular weight excluding hydrogens is 429 g/mol. The SMILES string of the molecule is CN(C(=O)Nc1ccc(F)c(C#N)c1)[C@@H]1CSCc2[nH]c(=O)c3cc(F)c(F)cc3c21. The molecule has 3 aromatic rings. The number of urea groups is 1. The first-order chi connectivity index (χ1) is 14.8. The highest BCUT2D eigenvalue weighted by Gasteiger charge is 2.31. The number of amides is 2. The van der Waals surface area contributed by atoms with E-state index in [1.54, 1.807) is 6.07 Å². The fourth-order valence-corrected chi connectivity index (χ4v) is 4.75. The highest BCUT2D eigenvalue weighted by atomic mass is 32.2. The minimum atomic E-state index is -1.13. The molecule has 4 rings (SSSR count). The lowest BCUT2D eigenvalue weighted by Gasteiger charge is -2.33. The van der Waals surface area contributed by atoms with Crippen LogP contribution >= 0.6 is 11.8 Å². The van der Waals surface area contributed by atoms with E-state index in [2.05, 4.69) is 10.3 Å². The number of hydrogen-bond acceptors (Lipinski definition) is 4. The number of halogens is 3. The van der Waals surface area contributed by atoms with Crippen molar-refractivity contribution >= 4 is 34.3 Å². The largest absolute Gasteiger partial charge is 0.324 e. The van der Waals surface area contributed by atoms with Gasteiger partial charge in [-0.25, -0.2) is 18.0 Å². The van der Waals surface area contributed by atoms with E-state index >= 15 is 0 Å². The number of rotatable bonds is 2. The molecule has 0 unspecified atom stereocenters. The summed E-state index contributed by atoms with van der Waals surface area (Å²) in [5.74, 6) is -2.00. The van der Waals surface area contributed by atoms with Crippen molar-refractivity contribution in [3.05, 3.63) is 75.0 Å². The molecule has 6 nitrogen and oxygen atoms in total. The van der Waals surface area contributed by atoms with Crippen LogP contribution in [0.3, 0.4) is 0 Å². The number of anilines is 1. The number of pyridine rings is 1. The second kappa shape index (κ2) is 8.00. The first kappa shape index (κ1) is 20.8. The van der Waals surface area contributed by atoms with Gasteiger partial charge in [0.05, 0.1) is 17.0 Å². The number of carbonyl (C=O) groups excluding carboxylic acids is 1. The zero-order valence-electron chi connectivity index (χ0n) is 16.1. The average Bonchev–Trinajstić information content (AvgIpc) is 2.75. The minimum absolute atomic E-state index is 0.000514. The highest BCUT2D eigenvalue weighted by Crippen LogP contribution is 2.38. The molecule has 10 heteroatoms. The third kappa shape index (κ3) is 3.72. The summed E-state index contributed by atoms with van der Waals surface area (Å²) in [4.78, 5) is 29.3. The Labute approximate surface area is 178 Å². The van der Waals surface area contributed by atoms with Crippen LogP contribution in [0.15, 0.2) is 35.1 Å². The summed E-state index contributed by atoms with van der Waals surface area (Å²) >= 11 is 1.48. The molecule has 31 heavy (non-hydrogen) atoms. The smallest absolute Gasteiger partial charge is 0.322 e. The van der Waals surface area contributed by atoms with E-state index in [0.717, 1.165) is 18.2 Å². The van der Waals surface area contributed by atoms with Gasteiger partial charge in [0, 0.05) is 35.5 Å². The maximum atomic E-state index is 14.0. The molecule has 2 heterocycles. The van der Waals surface area contributed by atoms with Gasteiger partial charge in [0.15, 0.2) is 11.6 Å². The van der Waals surface area contributed by atoms with Gasteiger partial charge in [0.2, 0.25) is 0 Å². The fraction of sp³-hybridized carbons (Fsp3) is 0.190. The predicted molar refractivity (Wildman–Crippen MR) is 111 cm³/mol. The molecule has 158 valence electrons. The van der Waals surface area contributed by atoms with Gasteiger partial charge in [-0.2, -0.15) is 17.0 Å². The lowest BCUT2D eigenvalue weighted by molar-refractivity contribution is 0.209. The van der Waals surface area contributed by atoms with Crippen LogP contribution in [-0.4, -0.2) is 28.7 Å². The molecule has 1 aromatic heterocycles. The van der Waals surface area contributed by atoms with E-state index in [-0.39, 0.29) is 22.0 Å². The van der Waals surface area contributed by atoms with E-state index in [0.29, 0.717) is 22.8 Å². The van der Waals surface area contributed by atoms with Crippen LogP contribution < -0.4 is 10.9 Å². The lowest BCUT2D eigenvalue weighted by Crippen LogP contribution is -2.38. The van der Waals surface area contributed by atoms with Crippen molar-refractivity contribution in [2.45, 2.75) is 11.8 Å². The van der Waals surface area contributed by atoms with E-state index < -0.39 is 35.1 Å². The number of H-pyrrole nitrogens is 1. The summed E-state index contributed by atoms with van der Waals surface area (Å²) in [5, 5.41) is 11.8. The average molecular weight is 444 g/mol. The molecule has 2 aromatic carbocycles. The Kier molecular flexibility index (Phi) is 5.37. The Morgan fingerprint density at radius 3 is 2.61 bits per heavy atom. The maximum Gasteiger partial charge on any atom is 0.322 e. The molecule has 0 saturated carbocycles. The molecule has 1 atom stereocenters. The maximum absolute atomic E-state index is 14.0. The van der Waals surface area contributed by atoms with Crippen LogP contribution in [0.1, 0.15) is 22.9 Å². The Hall–Kier alpha value is -3.45. The number of nitriles is 1. The van der Waals surface area contributed by atoms with Gasteiger partial charge < -0.3 is 15.2 Å². The summed E-state index contributed by atoms with van der Waals surface area (Å²) in [6.07, 6.45) is 0. The van der Waals surface area contributed by atoms with E-state index in [4.69, 9.17) is 5.26 Å². The number of aromatic nitrogens is 1.